The van der Waals surface area contributed by atoms with Crippen LogP contribution in [0.25, 0.3) is 10.6 Å². The number of thiazole rings is 1. The Balaban J connectivity index is 1.44. The Labute approximate surface area is 137 Å². The van der Waals surface area contributed by atoms with Gasteiger partial charge in [0, 0.05) is 36.3 Å². The molecule has 2 saturated carbocycles. The SMILES string of the molecule is O=C(Nc1ncc(-c2cnccn2)s1)C1C[C@H]2CC[C@@H](C1)C2=O. The molecule has 1 amide bonds. The van der Waals surface area contributed by atoms with E-state index in [4.69, 9.17) is 0 Å². The van der Waals surface area contributed by atoms with Gasteiger partial charge < -0.3 is 5.32 Å². The molecule has 0 saturated heterocycles. The number of Topliss-reactive ketones (excluding diaryl/α,β-unsaturated/α-hetero) is 1. The lowest BCUT2D eigenvalue weighted by atomic mass is 9.79. The first kappa shape index (κ1) is 14.4. The molecule has 0 aliphatic heterocycles. The topological polar surface area (TPSA) is 84.8 Å². The van der Waals surface area contributed by atoms with Gasteiger partial charge in [-0.2, -0.15) is 0 Å². The molecule has 2 aliphatic carbocycles. The smallest absolute Gasteiger partial charge is 0.229 e. The summed E-state index contributed by atoms with van der Waals surface area (Å²) in [6.07, 6.45) is 9.87. The molecule has 2 heterocycles. The summed E-state index contributed by atoms with van der Waals surface area (Å²) in [6, 6.07) is 0. The second-order valence-corrected chi connectivity index (χ2v) is 7.18. The van der Waals surface area contributed by atoms with Crippen molar-refractivity contribution in [2.24, 2.45) is 17.8 Å². The number of ketones is 1. The lowest BCUT2D eigenvalue weighted by Gasteiger charge is -2.25. The van der Waals surface area contributed by atoms with Crippen molar-refractivity contribution in [3.05, 3.63) is 24.8 Å². The third-order valence-electron chi connectivity index (χ3n) is 4.73. The Morgan fingerprint density at radius 2 is 1.91 bits per heavy atom. The fourth-order valence-electron chi connectivity index (χ4n) is 3.57. The molecule has 6 nitrogen and oxygen atoms in total. The lowest BCUT2D eigenvalue weighted by Crippen LogP contribution is -2.33. The van der Waals surface area contributed by atoms with Crippen LogP contribution >= 0.6 is 11.3 Å². The van der Waals surface area contributed by atoms with E-state index in [1.54, 1.807) is 24.8 Å². The van der Waals surface area contributed by atoms with Crippen molar-refractivity contribution in [2.75, 3.05) is 5.32 Å². The van der Waals surface area contributed by atoms with Gasteiger partial charge in [-0.05, 0) is 25.7 Å². The summed E-state index contributed by atoms with van der Waals surface area (Å²) in [5.41, 5.74) is 0.742. The highest BCUT2D eigenvalue weighted by Gasteiger charge is 2.43. The number of nitrogens with zero attached hydrogens (tertiary/aromatic N) is 3. The quantitative estimate of drug-likeness (QED) is 0.936. The zero-order valence-corrected chi connectivity index (χ0v) is 13.3. The molecule has 4 rings (SSSR count). The summed E-state index contributed by atoms with van der Waals surface area (Å²) in [6.45, 7) is 0. The van der Waals surface area contributed by atoms with E-state index in [-0.39, 0.29) is 23.7 Å². The van der Waals surface area contributed by atoms with Crippen LogP contribution in [0.2, 0.25) is 0 Å². The summed E-state index contributed by atoms with van der Waals surface area (Å²) >= 11 is 1.38. The zero-order valence-electron chi connectivity index (χ0n) is 12.4. The highest BCUT2D eigenvalue weighted by molar-refractivity contribution is 7.19. The van der Waals surface area contributed by atoms with E-state index in [1.807, 2.05) is 0 Å². The number of hydrogen-bond acceptors (Lipinski definition) is 6. The van der Waals surface area contributed by atoms with Crippen molar-refractivity contribution >= 4 is 28.2 Å². The highest BCUT2D eigenvalue weighted by Crippen LogP contribution is 2.42. The van der Waals surface area contributed by atoms with Gasteiger partial charge in [0.05, 0.1) is 11.1 Å². The Morgan fingerprint density at radius 3 is 2.61 bits per heavy atom. The van der Waals surface area contributed by atoms with Gasteiger partial charge >= 0.3 is 0 Å². The summed E-state index contributed by atoms with van der Waals surface area (Å²) in [5, 5.41) is 3.46. The molecule has 2 aromatic heterocycles. The van der Waals surface area contributed by atoms with Gasteiger partial charge in [-0.1, -0.05) is 11.3 Å². The van der Waals surface area contributed by atoms with Crippen LogP contribution < -0.4 is 5.32 Å². The van der Waals surface area contributed by atoms with Gasteiger partial charge in [0.1, 0.15) is 11.5 Å². The number of carbonyl (C=O) groups excluding carboxylic acids is 2. The molecular formula is C16H16N4O2S. The maximum absolute atomic E-state index is 12.5. The standard InChI is InChI=1S/C16H16N4O2S/c21-14-9-1-2-10(14)6-11(5-9)15(22)20-16-19-8-13(23-16)12-7-17-3-4-18-12/h3-4,7-11H,1-2,5-6H2,(H,19,20,22)/t9-,10+,11?. The molecule has 7 heteroatoms. The van der Waals surface area contributed by atoms with E-state index in [2.05, 4.69) is 20.3 Å². The average Bonchev–Trinajstić information content (AvgIpc) is 3.09. The summed E-state index contributed by atoms with van der Waals surface area (Å²) in [4.78, 5) is 37.7. The molecule has 0 aromatic carbocycles. The van der Waals surface area contributed by atoms with Gasteiger partial charge in [0.2, 0.25) is 5.91 Å². The maximum Gasteiger partial charge on any atom is 0.229 e. The minimum Gasteiger partial charge on any atom is -0.302 e. The molecule has 23 heavy (non-hydrogen) atoms. The first-order valence-corrected chi connectivity index (χ1v) is 8.59. The Hall–Kier alpha value is -2.15. The van der Waals surface area contributed by atoms with E-state index >= 15 is 0 Å². The number of hydrogen-bond donors (Lipinski definition) is 1. The third kappa shape index (κ3) is 2.76. The average molecular weight is 328 g/mol. The van der Waals surface area contributed by atoms with E-state index in [0.29, 0.717) is 23.8 Å². The van der Waals surface area contributed by atoms with Crippen molar-refractivity contribution in [1.82, 2.24) is 15.0 Å². The van der Waals surface area contributed by atoms with E-state index in [0.717, 1.165) is 23.4 Å². The Kier molecular flexibility index (Phi) is 3.65. The minimum atomic E-state index is -0.0749. The van der Waals surface area contributed by atoms with Crippen molar-refractivity contribution in [3.8, 4) is 10.6 Å². The highest BCUT2D eigenvalue weighted by atomic mass is 32.1. The fourth-order valence-corrected chi connectivity index (χ4v) is 4.35. The van der Waals surface area contributed by atoms with Gasteiger partial charge in [0.15, 0.2) is 5.13 Å². The van der Waals surface area contributed by atoms with E-state index < -0.39 is 0 Å². The predicted octanol–water partition coefficient (Wildman–Crippen LogP) is 2.54. The van der Waals surface area contributed by atoms with Crippen molar-refractivity contribution < 1.29 is 9.59 Å². The van der Waals surface area contributed by atoms with Crippen molar-refractivity contribution in [1.29, 1.82) is 0 Å². The van der Waals surface area contributed by atoms with Crippen molar-refractivity contribution in [3.63, 3.8) is 0 Å². The molecular weight excluding hydrogens is 312 g/mol. The fraction of sp³-hybridized carbons (Fsp3) is 0.438. The molecule has 118 valence electrons. The van der Waals surface area contributed by atoms with Crippen LogP contribution in [-0.2, 0) is 9.59 Å². The van der Waals surface area contributed by atoms with Gasteiger partial charge in [-0.25, -0.2) is 4.98 Å². The molecule has 0 radical (unpaired) electrons. The largest absolute Gasteiger partial charge is 0.302 e. The summed E-state index contributed by atoms with van der Waals surface area (Å²) in [7, 11) is 0. The van der Waals surface area contributed by atoms with Crippen LogP contribution in [0.3, 0.4) is 0 Å². The number of carbonyl (C=O) groups is 2. The first-order valence-electron chi connectivity index (χ1n) is 7.77. The van der Waals surface area contributed by atoms with Crippen LogP contribution in [-0.4, -0.2) is 26.6 Å². The van der Waals surface area contributed by atoms with Gasteiger partial charge in [-0.3, -0.25) is 19.6 Å². The molecule has 0 spiro atoms. The zero-order chi connectivity index (χ0) is 15.8. The van der Waals surface area contributed by atoms with Crippen LogP contribution in [0.5, 0.6) is 0 Å². The number of anilines is 1. The second-order valence-electron chi connectivity index (χ2n) is 6.15. The summed E-state index contributed by atoms with van der Waals surface area (Å²) < 4.78 is 0. The molecule has 2 bridgehead atoms. The second kappa shape index (κ2) is 5.81. The molecule has 1 N–H and O–H groups in total. The molecule has 3 atom stereocenters. The van der Waals surface area contributed by atoms with Gasteiger partial charge in [0.25, 0.3) is 0 Å². The molecule has 2 fully saturated rings. The molecule has 2 aromatic rings. The number of aromatic nitrogens is 3. The number of nitrogens with one attached hydrogen (secondary N) is 1. The van der Waals surface area contributed by atoms with Crippen LogP contribution in [0.15, 0.2) is 24.8 Å². The number of rotatable bonds is 3. The Morgan fingerprint density at radius 1 is 1.13 bits per heavy atom. The summed E-state index contributed by atoms with van der Waals surface area (Å²) in [5.74, 6) is 0.462. The third-order valence-corrected chi connectivity index (χ3v) is 5.66. The van der Waals surface area contributed by atoms with E-state index in [9.17, 15) is 9.59 Å². The molecule has 2 aliphatic rings. The van der Waals surface area contributed by atoms with Crippen LogP contribution in [0.4, 0.5) is 5.13 Å². The Bertz CT molecular complexity index is 730. The first-order chi connectivity index (χ1) is 11.2. The number of amides is 1. The lowest BCUT2D eigenvalue weighted by molar-refractivity contribution is -0.130. The van der Waals surface area contributed by atoms with Gasteiger partial charge in [-0.15, -0.1) is 0 Å². The monoisotopic (exact) mass is 328 g/mol. The van der Waals surface area contributed by atoms with E-state index in [1.165, 1.54) is 11.3 Å². The minimum absolute atomic E-state index is 0.0190. The predicted molar refractivity (Wildman–Crippen MR) is 85.7 cm³/mol. The van der Waals surface area contributed by atoms with Crippen molar-refractivity contribution in [2.45, 2.75) is 25.7 Å². The molecule has 1 unspecified atom stereocenters. The maximum atomic E-state index is 12.5. The van der Waals surface area contributed by atoms with Crippen LogP contribution in [0, 0.1) is 17.8 Å². The van der Waals surface area contributed by atoms with Crippen LogP contribution in [0.1, 0.15) is 25.7 Å². The normalized spacial score (nSPS) is 26.3. The number of fused-ring (bicyclic) bond motifs is 2.